The molecule has 2 rings (SSSR count). The molecule has 1 aliphatic heterocycles. The van der Waals surface area contributed by atoms with Crippen molar-refractivity contribution in [2.24, 2.45) is 5.92 Å². The van der Waals surface area contributed by atoms with Crippen LogP contribution in [0.1, 0.15) is 18.4 Å². The summed E-state index contributed by atoms with van der Waals surface area (Å²) in [7, 11) is 0. The first-order chi connectivity index (χ1) is 8.16. The summed E-state index contributed by atoms with van der Waals surface area (Å²) < 4.78 is 5.29. The fourth-order valence-electron chi connectivity index (χ4n) is 1.82. The molecule has 0 aromatic carbocycles. The van der Waals surface area contributed by atoms with E-state index in [1.165, 1.54) is 0 Å². The van der Waals surface area contributed by atoms with Crippen LogP contribution in [-0.4, -0.2) is 24.1 Å². The van der Waals surface area contributed by atoms with Crippen molar-refractivity contribution >= 4 is 23.2 Å². The Morgan fingerprint density at radius 3 is 3.18 bits per heavy atom. The summed E-state index contributed by atoms with van der Waals surface area (Å²) in [5.74, 6) is -0.126. The van der Waals surface area contributed by atoms with Gasteiger partial charge in [0.15, 0.2) is 5.15 Å². The molecule has 1 unspecified atom stereocenters. The zero-order valence-corrected chi connectivity index (χ0v) is 10.5. The highest BCUT2D eigenvalue weighted by atomic mass is 35.5. The van der Waals surface area contributed by atoms with Crippen molar-refractivity contribution in [3.05, 3.63) is 23.0 Å². The fourth-order valence-corrected chi connectivity index (χ4v) is 1.97. The van der Waals surface area contributed by atoms with Gasteiger partial charge in [-0.15, -0.1) is 0 Å². The Hall–Kier alpha value is -1.13. The zero-order valence-electron chi connectivity index (χ0n) is 9.70. The van der Waals surface area contributed by atoms with Gasteiger partial charge in [-0.3, -0.25) is 4.79 Å². The van der Waals surface area contributed by atoms with Crippen LogP contribution in [0.15, 0.2) is 12.3 Å². The molecule has 4 nitrogen and oxygen atoms in total. The van der Waals surface area contributed by atoms with E-state index in [1.54, 1.807) is 6.20 Å². The van der Waals surface area contributed by atoms with Crippen molar-refractivity contribution in [1.82, 2.24) is 4.98 Å². The van der Waals surface area contributed by atoms with Gasteiger partial charge in [0.25, 0.3) is 0 Å². The van der Waals surface area contributed by atoms with Crippen molar-refractivity contribution in [3.8, 4) is 0 Å². The number of amides is 1. The Bertz CT molecular complexity index is 417. The Kier molecular flexibility index (Phi) is 3.97. The molecule has 1 aromatic rings. The number of carbonyl (C=O) groups excluding carboxylic acids is 1. The number of nitrogens with one attached hydrogen (secondary N) is 1. The summed E-state index contributed by atoms with van der Waals surface area (Å²) in [4.78, 5) is 15.9. The number of halogens is 1. The van der Waals surface area contributed by atoms with Gasteiger partial charge in [-0.2, -0.15) is 0 Å². The van der Waals surface area contributed by atoms with E-state index in [0.29, 0.717) is 17.4 Å². The summed E-state index contributed by atoms with van der Waals surface area (Å²) in [6.07, 6.45) is 3.46. The second kappa shape index (κ2) is 5.47. The molecule has 92 valence electrons. The molecule has 1 amide bonds. The van der Waals surface area contributed by atoms with E-state index < -0.39 is 0 Å². The molecule has 17 heavy (non-hydrogen) atoms. The molecule has 0 saturated carbocycles. The van der Waals surface area contributed by atoms with Crippen LogP contribution in [0.5, 0.6) is 0 Å². The number of rotatable bonds is 2. The molecule has 0 aliphatic carbocycles. The maximum atomic E-state index is 12.0. The van der Waals surface area contributed by atoms with E-state index >= 15 is 0 Å². The normalized spacial score (nSPS) is 20.0. The molecule has 5 heteroatoms. The average Bonchev–Trinajstić information content (AvgIpc) is 2.35. The Labute approximate surface area is 105 Å². The summed E-state index contributed by atoms with van der Waals surface area (Å²) in [5, 5.41) is 3.13. The molecular weight excluding hydrogens is 240 g/mol. The van der Waals surface area contributed by atoms with Gasteiger partial charge in [-0.1, -0.05) is 11.6 Å². The highest BCUT2D eigenvalue weighted by molar-refractivity contribution is 6.32. The average molecular weight is 255 g/mol. The van der Waals surface area contributed by atoms with Gasteiger partial charge < -0.3 is 10.1 Å². The van der Waals surface area contributed by atoms with Crippen LogP contribution in [0.2, 0.25) is 5.15 Å². The lowest BCUT2D eigenvalue weighted by molar-refractivity contribution is -0.123. The van der Waals surface area contributed by atoms with Crippen LogP contribution in [-0.2, 0) is 9.53 Å². The number of nitrogens with zero attached hydrogens (tertiary/aromatic N) is 1. The SMILES string of the molecule is Cc1cnc(Cl)c(NC(=O)C2CCCOC2)c1. The molecule has 0 spiro atoms. The predicted molar refractivity (Wildman–Crippen MR) is 66.2 cm³/mol. The lowest BCUT2D eigenvalue weighted by Gasteiger charge is -2.21. The van der Waals surface area contributed by atoms with Crippen molar-refractivity contribution in [2.75, 3.05) is 18.5 Å². The van der Waals surface area contributed by atoms with Crippen LogP contribution in [0.25, 0.3) is 0 Å². The summed E-state index contributed by atoms with van der Waals surface area (Å²) in [6, 6.07) is 1.82. The Balaban J connectivity index is 2.04. The molecule has 1 atom stereocenters. The topological polar surface area (TPSA) is 51.2 Å². The lowest BCUT2D eigenvalue weighted by atomic mass is 10.0. The molecule has 0 bridgehead atoms. The summed E-state index contributed by atoms with van der Waals surface area (Å²) >= 11 is 5.92. The first-order valence-corrected chi connectivity index (χ1v) is 6.05. The van der Waals surface area contributed by atoms with E-state index in [-0.39, 0.29) is 11.8 Å². The third-order valence-corrected chi connectivity index (χ3v) is 3.07. The summed E-state index contributed by atoms with van der Waals surface area (Å²) in [5.41, 5.74) is 1.53. The highest BCUT2D eigenvalue weighted by Gasteiger charge is 2.22. The van der Waals surface area contributed by atoms with Crippen LogP contribution in [0.4, 0.5) is 5.69 Å². The van der Waals surface area contributed by atoms with E-state index in [2.05, 4.69) is 10.3 Å². The zero-order chi connectivity index (χ0) is 12.3. The van der Waals surface area contributed by atoms with Gasteiger partial charge in [0, 0.05) is 12.8 Å². The Morgan fingerprint density at radius 2 is 2.47 bits per heavy atom. The molecule has 1 aromatic heterocycles. The third-order valence-electron chi connectivity index (χ3n) is 2.76. The van der Waals surface area contributed by atoms with Gasteiger partial charge in [0.1, 0.15) is 0 Å². The number of hydrogen-bond acceptors (Lipinski definition) is 3. The second-order valence-electron chi connectivity index (χ2n) is 4.25. The van der Waals surface area contributed by atoms with Gasteiger partial charge in [-0.25, -0.2) is 4.98 Å². The number of pyridine rings is 1. The van der Waals surface area contributed by atoms with Crippen molar-refractivity contribution < 1.29 is 9.53 Å². The number of aryl methyl sites for hydroxylation is 1. The maximum Gasteiger partial charge on any atom is 0.229 e. The van der Waals surface area contributed by atoms with Crippen molar-refractivity contribution in [2.45, 2.75) is 19.8 Å². The molecule has 1 N–H and O–H groups in total. The van der Waals surface area contributed by atoms with E-state index in [0.717, 1.165) is 25.0 Å². The second-order valence-corrected chi connectivity index (χ2v) is 4.61. The largest absolute Gasteiger partial charge is 0.381 e. The van der Waals surface area contributed by atoms with Crippen LogP contribution < -0.4 is 5.32 Å². The number of ether oxygens (including phenoxy) is 1. The molecule has 1 aliphatic rings. The minimum atomic E-state index is -0.0830. The van der Waals surface area contributed by atoms with E-state index in [4.69, 9.17) is 16.3 Å². The highest BCUT2D eigenvalue weighted by Crippen LogP contribution is 2.22. The standard InChI is InChI=1S/C12H15ClN2O2/c1-8-5-10(11(13)14-6-8)15-12(16)9-3-2-4-17-7-9/h5-6,9H,2-4,7H2,1H3,(H,15,16). The van der Waals surface area contributed by atoms with E-state index in [1.807, 2.05) is 13.0 Å². The number of carbonyl (C=O) groups is 1. The smallest absolute Gasteiger partial charge is 0.229 e. The van der Waals surface area contributed by atoms with Gasteiger partial charge >= 0.3 is 0 Å². The minimum Gasteiger partial charge on any atom is -0.381 e. The monoisotopic (exact) mass is 254 g/mol. The molecule has 1 saturated heterocycles. The third kappa shape index (κ3) is 3.17. The lowest BCUT2D eigenvalue weighted by Crippen LogP contribution is -2.30. The van der Waals surface area contributed by atoms with Gasteiger partial charge in [0.2, 0.25) is 5.91 Å². The van der Waals surface area contributed by atoms with Crippen LogP contribution >= 0.6 is 11.6 Å². The minimum absolute atomic E-state index is 0.0426. The Morgan fingerprint density at radius 1 is 1.65 bits per heavy atom. The van der Waals surface area contributed by atoms with Crippen molar-refractivity contribution in [3.63, 3.8) is 0 Å². The van der Waals surface area contributed by atoms with E-state index in [9.17, 15) is 4.79 Å². The first-order valence-electron chi connectivity index (χ1n) is 5.67. The molecule has 2 heterocycles. The number of hydrogen-bond donors (Lipinski definition) is 1. The molecule has 1 fully saturated rings. The number of anilines is 1. The van der Waals surface area contributed by atoms with Crippen LogP contribution in [0, 0.1) is 12.8 Å². The molecular formula is C12H15ClN2O2. The fraction of sp³-hybridized carbons (Fsp3) is 0.500. The molecule has 0 radical (unpaired) electrons. The van der Waals surface area contributed by atoms with Crippen molar-refractivity contribution in [1.29, 1.82) is 0 Å². The maximum absolute atomic E-state index is 12.0. The quantitative estimate of drug-likeness (QED) is 0.825. The number of aromatic nitrogens is 1. The van der Waals surface area contributed by atoms with Crippen LogP contribution in [0.3, 0.4) is 0 Å². The first kappa shape index (κ1) is 12.3. The van der Waals surface area contributed by atoms with Gasteiger partial charge in [-0.05, 0) is 31.4 Å². The summed E-state index contributed by atoms with van der Waals surface area (Å²) in [6.45, 7) is 3.14. The van der Waals surface area contributed by atoms with Gasteiger partial charge in [0.05, 0.1) is 18.2 Å². The predicted octanol–water partition coefficient (Wildman–Crippen LogP) is 2.41.